The second-order valence-corrected chi connectivity index (χ2v) is 4.80. The lowest BCUT2D eigenvalue weighted by atomic mass is 10.0. The summed E-state index contributed by atoms with van der Waals surface area (Å²) in [4.78, 5) is 4.57. The fourth-order valence-electron chi connectivity index (χ4n) is 2.66. The highest BCUT2D eigenvalue weighted by molar-refractivity contribution is 5.83. The van der Waals surface area contributed by atoms with E-state index in [-0.39, 0.29) is 5.82 Å². The zero-order valence-electron chi connectivity index (χ0n) is 10.6. The summed E-state index contributed by atoms with van der Waals surface area (Å²) in [6, 6.07) is 5.56. The highest BCUT2D eigenvalue weighted by Gasteiger charge is 2.13. The average Bonchev–Trinajstić information content (AvgIpc) is 2.62. The molecular formula is C15H17FN2. The van der Waals surface area contributed by atoms with E-state index in [4.69, 9.17) is 0 Å². The minimum absolute atomic E-state index is 0.206. The Hall–Kier alpha value is -1.48. The number of halogens is 1. The van der Waals surface area contributed by atoms with Crippen LogP contribution < -0.4 is 5.32 Å². The summed E-state index contributed by atoms with van der Waals surface area (Å²) < 4.78 is 13.9. The maximum Gasteiger partial charge on any atom is 0.149 e. The van der Waals surface area contributed by atoms with E-state index in [1.807, 2.05) is 6.07 Å². The Kier molecular flexibility index (Phi) is 3.00. The van der Waals surface area contributed by atoms with Crippen molar-refractivity contribution in [3.05, 3.63) is 40.8 Å². The van der Waals surface area contributed by atoms with E-state index in [9.17, 15) is 4.39 Å². The van der Waals surface area contributed by atoms with Crippen LogP contribution in [0.2, 0.25) is 0 Å². The molecule has 2 heterocycles. The van der Waals surface area contributed by atoms with Crippen molar-refractivity contribution in [3.63, 3.8) is 0 Å². The molecule has 3 rings (SSSR count). The highest BCUT2D eigenvalue weighted by atomic mass is 19.1. The second-order valence-electron chi connectivity index (χ2n) is 4.80. The molecule has 94 valence electrons. The zero-order chi connectivity index (χ0) is 12.5. The number of nitrogens with zero attached hydrogens (tertiary/aromatic N) is 1. The van der Waals surface area contributed by atoms with Crippen molar-refractivity contribution >= 4 is 10.9 Å². The van der Waals surface area contributed by atoms with Gasteiger partial charge in [-0.15, -0.1) is 0 Å². The van der Waals surface area contributed by atoms with Gasteiger partial charge in [0.15, 0.2) is 0 Å². The molecule has 0 saturated carbocycles. The van der Waals surface area contributed by atoms with Gasteiger partial charge in [0, 0.05) is 24.0 Å². The van der Waals surface area contributed by atoms with Crippen LogP contribution in [0, 0.1) is 5.82 Å². The predicted octanol–water partition coefficient (Wildman–Crippen LogP) is 2.62. The molecular weight excluding hydrogens is 227 g/mol. The van der Waals surface area contributed by atoms with Crippen molar-refractivity contribution in [1.29, 1.82) is 0 Å². The summed E-state index contributed by atoms with van der Waals surface area (Å²) in [7, 11) is 0. The van der Waals surface area contributed by atoms with Gasteiger partial charge >= 0.3 is 0 Å². The van der Waals surface area contributed by atoms with Crippen LogP contribution in [0.1, 0.15) is 23.7 Å². The minimum atomic E-state index is -0.206. The van der Waals surface area contributed by atoms with Crippen molar-refractivity contribution in [2.45, 2.75) is 26.2 Å². The first-order valence-corrected chi connectivity index (χ1v) is 6.60. The maximum absolute atomic E-state index is 13.9. The average molecular weight is 244 g/mol. The number of hydrogen-bond donors (Lipinski definition) is 1. The number of aromatic nitrogens is 1. The largest absolute Gasteiger partial charge is 0.316 e. The van der Waals surface area contributed by atoms with E-state index >= 15 is 0 Å². The topological polar surface area (TPSA) is 24.9 Å². The van der Waals surface area contributed by atoms with E-state index in [0.717, 1.165) is 43.4 Å². The third kappa shape index (κ3) is 1.89. The molecule has 3 heteroatoms. The molecule has 0 saturated heterocycles. The highest BCUT2D eigenvalue weighted by Crippen LogP contribution is 2.24. The molecule has 0 spiro atoms. The van der Waals surface area contributed by atoms with Crippen molar-refractivity contribution in [1.82, 2.24) is 10.3 Å². The molecule has 1 aromatic heterocycles. The van der Waals surface area contributed by atoms with Gasteiger partial charge in [-0.3, -0.25) is 0 Å². The summed E-state index contributed by atoms with van der Waals surface area (Å²) in [6.07, 6.45) is 2.79. The SMILES string of the molecule is CCc1ccc(F)c2nc3c(cc12)CCNCC3. The Bertz CT molecular complexity index is 593. The lowest BCUT2D eigenvalue weighted by Crippen LogP contribution is -2.16. The minimum Gasteiger partial charge on any atom is -0.316 e. The van der Waals surface area contributed by atoms with Gasteiger partial charge in [-0.2, -0.15) is 0 Å². The second kappa shape index (κ2) is 4.65. The van der Waals surface area contributed by atoms with Crippen molar-refractivity contribution in [3.8, 4) is 0 Å². The standard InChI is InChI=1S/C15H17FN2/c1-2-10-3-4-13(16)15-12(10)9-11-5-7-17-8-6-14(11)18-15/h3-4,9,17H,2,5-8H2,1H3. The number of fused-ring (bicyclic) bond motifs is 2. The molecule has 0 radical (unpaired) electrons. The number of nitrogens with one attached hydrogen (secondary N) is 1. The van der Waals surface area contributed by atoms with E-state index in [2.05, 4.69) is 23.3 Å². The summed E-state index contributed by atoms with van der Waals surface area (Å²) in [6.45, 7) is 4.01. The summed E-state index contributed by atoms with van der Waals surface area (Å²) >= 11 is 0. The molecule has 2 aromatic rings. The normalized spacial score (nSPS) is 15.4. The molecule has 0 amide bonds. The van der Waals surface area contributed by atoms with E-state index in [0.29, 0.717) is 5.52 Å². The van der Waals surface area contributed by atoms with Crippen LogP contribution >= 0.6 is 0 Å². The van der Waals surface area contributed by atoms with Gasteiger partial charge in [-0.05, 0) is 42.6 Å². The van der Waals surface area contributed by atoms with Crippen LogP contribution in [0.5, 0.6) is 0 Å². The molecule has 1 aromatic carbocycles. The van der Waals surface area contributed by atoms with Crippen LogP contribution in [0.15, 0.2) is 18.2 Å². The molecule has 1 aliphatic rings. The number of aryl methyl sites for hydroxylation is 1. The van der Waals surface area contributed by atoms with Crippen molar-refractivity contribution < 1.29 is 4.39 Å². The van der Waals surface area contributed by atoms with Crippen LogP contribution in [-0.4, -0.2) is 18.1 Å². The number of hydrogen-bond acceptors (Lipinski definition) is 2. The Morgan fingerprint density at radius 2 is 2.11 bits per heavy atom. The predicted molar refractivity (Wildman–Crippen MR) is 71.4 cm³/mol. The number of rotatable bonds is 1. The first kappa shape index (κ1) is 11.6. The van der Waals surface area contributed by atoms with E-state index < -0.39 is 0 Å². The van der Waals surface area contributed by atoms with Crippen LogP contribution in [0.25, 0.3) is 10.9 Å². The van der Waals surface area contributed by atoms with Gasteiger partial charge in [0.2, 0.25) is 0 Å². The smallest absolute Gasteiger partial charge is 0.149 e. The molecule has 0 unspecified atom stereocenters. The third-order valence-electron chi connectivity index (χ3n) is 3.68. The quantitative estimate of drug-likeness (QED) is 0.834. The Labute approximate surface area is 106 Å². The van der Waals surface area contributed by atoms with Crippen LogP contribution in [0.4, 0.5) is 4.39 Å². The Balaban J connectivity index is 2.27. The number of pyridine rings is 1. The maximum atomic E-state index is 13.9. The molecule has 1 aliphatic heterocycles. The monoisotopic (exact) mass is 244 g/mol. The summed E-state index contributed by atoms with van der Waals surface area (Å²) in [5.41, 5.74) is 4.04. The van der Waals surface area contributed by atoms with Crippen molar-refractivity contribution in [2.75, 3.05) is 13.1 Å². The molecule has 0 fully saturated rings. The van der Waals surface area contributed by atoms with E-state index in [1.54, 1.807) is 0 Å². The molecule has 0 atom stereocenters. The van der Waals surface area contributed by atoms with Crippen LogP contribution in [-0.2, 0) is 19.3 Å². The van der Waals surface area contributed by atoms with E-state index in [1.165, 1.54) is 17.2 Å². The van der Waals surface area contributed by atoms with Gasteiger partial charge in [0.1, 0.15) is 11.3 Å². The summed E-state index contributed by atoms with van der Waals surface area (Å²) in [5.74, 6) is -0.206. The van der Waals surface area contributed by atoms with Gasteiger partial charge in [0.05, 0.1) is 0 Å². The molecule has 0 bridgehead atoms. The summed E-state index contributed by atoms with van der Waals surface area (Å²) in [5, 5.41) is 4.34. The molecule has 2 nitrogen and oxygen atoms in total. The third-order valence-corrected chi connectivity index (χ3v) is 3.68. The first-order chi connectivity index (χ1) is 8.79. The van der Waals surface area contributed by atoms with Gasteiger partial charge in [-0.25, -0.2) is 9.37 Å². The Morgan fingerprint density at radius 3 is 2.94 bits per heavy atom. The van der Waals surface area contributed by atoms with Crippen molar-refractivity contribution in [2.24, 2.45) is 0 Å². The van der Waals surface area contributed by atoms with Crippen LogP contribution in [0.3, 0.4) is 0 Å². The van der Waals surface area contributed by atoms with Gasteiger partial charge < -0.3 is 5.32 Å². The molecule has 18 heavy (non-hydrogen) atoms. The zero-order valence-corrected chi connectivity index (χ0v) is 10.6. The molecule has 1 N–H and O–H groups in total. The fraction of sp³-hybridized carbons (Fsp3) is 0.400. The van der Waals surface area contributed by atoms with Gasteiger partial charge in [-0.1, -0.05) is 13.0 Å². The number of benzene rings is 1. The lowest BCUT2D eigenvalue weighted by Gasteiger charge is -2.10. The fourth-order valence-corrected chi connectivity index (χ4v) is 2.66. The lowest BCUT2D eigenvalue weighted by molar-refractivity contribution is 0.635. The van der Waals surface area contributed by atoms with Gasteiger partial charge in [0.25, 0.3) is 0 Å². The molecule has 0 aliphatic carbocycles. The Morgan fingerprint density at radius 1 is 1.28 bits per heavy atom. The first-order valence-electron chi connectivity index (χ1n) is 6.60.